The van der Waals surface area contributed by atoms with E-state index in [1.54, 1.807) is 6.92 Å². The predicted octanol–water partition coefficient (Wildman–Crippen LogP) is 4.42. The van der Waals surface area contributed by atoms with Crippen molar-refractivity contribution >= 4 is 12.1 Å². The van der Waals surface area contributed by atoms with Gasteiger partial charge in [-0.25, -0.2) is 9.78 Å². The van der Waals surface area contributed by atoms with Gasteiger partial charge < -0.3 is 23.9 Å². The Balaban J connectivity index is 1.77. The third-order valence-corrected chi connectivity index (χ3v) is 4.65. The van der Waals surface area contributed by atoms with E-state index in [0.29, 0.717) is 5.89 Å². The molecule has 1 aromatic carbocycles. The van der Waals surface area contributed by atoms with E-state index in [1.165, 1.54) is 19.4 Å². The lowest BCUT2D eigenvalue weighted by molar-refractivity contribution is 0.0851. The number of rotatable bonds is 8. The molecule has 0 aliphatic rings. The zero-order chi connectivity index (χ0) is 24.8. The van der Waals surface area contributed by atoms with Gasteiger partial charge in [0.2, 0.25) is 17.5 Å². The number of pyridine rings is 1. The third-order valence-electron chi connectivity index (χ3n) is 4.65. The van der Waals surface area contributed by atoms with Crippen LogP contribution in [0.25, 0.3) is 11.5 Å². The topological polar surface area (TPSA) is 126 Å². The second-order valence-electron chi connectivity index (χ2n) is 8.26. The fourth-order valence-corrected chi connectivity index (χ4v) is 3.15. The number of methoxy groups -OCH3 is 1. The number of aryl methyl sites for hydroxylation is 2. The molecule has 0 aliphatic carbocycles. The van der Waals surface area contributed by atoms with Crippen molar-refractivity contribution < 1.29 is 28.2 Å². The van der Waals surface area contributed by atoms with Crippen LogP contribution in [0.1, 0.15) is 54.3 Å². The number of nitrogens with one attached hydrogen (secondary N) is 1. The molecule has 1 amide bonds. The molecule has 1 N–H and O–H groups in total. The van der Waals surface area contributed by atoms with E-state index in [2.05, 4.69) is 20.5 Å². The SMILES string of the molecule is COc1ccnc(C(=O)N[C@@H](C)c2nnc(-c3cc(C)cc(C)c3)o2)c1OC(=O)OCC(C)C. The fraction of sp³-hybridized carbons (Fsp3) is 0.375. The summed E-state index contributed by atoms with van der Waals surface area (Å²) < 4.78 is 21.3. The van der Waals surface area contributed by atoms with Crippen LogP contribution in [0.15, 0.2) is 34.9 Å². The fourth-order valence-electron chi connectivity index (χ4n) is 3.15. The maximum Gasteiger partial charge on any atom is 0.514 e. The van der Waals surface area contributed by atoms with Gasteiger partial charge in [0.15, 0.2) is 11.4 Å². The minimum absolute atomic E-state index is 0.120. The van der Waals surface area contributed by atoms with Gasteiger partial charge in [0.05, 0.1) is 13.7 Å². The molecule has 2 heterocycles. The number of hydrogen-bond acceptors (Lipinski definition) is 9. The maximum atomic E-state index is 13.0. The summed E-state index contributed by atoms with van der Waals surface area (Å²) in [5.41, 5.74) is 2.78. The molecule has 1 atom stereocenters. The smallest absolute Gasteiger partial charge is 0.493 e. The van der Waals surface area contributed by atoms with Crippen molar-refractivity contribution in [3.05, 3.63) is 53.2 Å². The Labute approximate surface area is 197 Å². The Kier molecular flexibility index (Phi) is 7.83. The Bertz CT molecular complexity index is 1150. The van der Waals surface area contributed by atoms with Crippen molar-refractivity contribution in [1.29, 1.82) is 0 Å². The molecule has 0 aliphatic heterocycles. The van der Waals surface area contributed by atoms with Gasteiger partial charge in [-0.3, -0.25) is 4.79 Å². The third kappa shape index (κ3) is 6.09. The van der Waals surface area contributed by atoms with Crippen LogP contribution in [0.5, 0.6) is 11.5 Å². The molecule has 3 rings (SSSR count). The average molecular weight is 469 g/mol. The number of carbonyl (C=O) groups excluding carboxylic acids is 2. The Morgan fingerprint density at radius 3 is 2.44 bits per heavy atom. The number of nitrogens with zero attached hydrogens (tertiary/aromatic N) is 3. The van der Waals surface area contributed by atoms with E-state index in [9.17, 15) is 9.59 Å². The quantitative estimate of drug-likeness (QED) is 0.478. The highest BCUT2D eigenvalue weighted by atomic mass is 16.7. The molecule has 10 nitrogen and oxygen atoms in total. The monoisotopic (exact) mass is 468 g/mol. The molecule has 0 unspecified atom stereocenters. The Morgan fingerprint density at radius 2 is 1.79 bits per heavy atom. The lowest BCUT2D eigenvalue weighted by atomic mass is 10.1. The number of carbonyl (C=O) groups is 2. The molecule has 2 aromatic heterocycles. The van der Waals surface area contributed by atoms with Crippen molar-refractivity contribution in [1.82, 2.24) is 20.5 Å². The molecule has 0 bridgehead atoms. The summed E-state index contributed by atoms with van der Waals surface area (Å²) in [5, 5.41) is 10.9. The first-order valence-electron chi connectivity index (χ1n) is 10.8. The van der Waals surface area contributed by atoms with E-state index in [-0.39, 0.29) is 35.6 Å². The first-order valence-corrected chi connectivity index (χ1v) is 10.8. The summed E-state index contributed by atoms with van der Waals surface area (Å²) in [7, 11) is 1.39. The molecule has 3 aromatic rings. The van der Waals surface area contributed by atoms with Crippen molar-refractivity contribution in [3.8, 4) is 23.0 Å². The predicted molar refractivity (Wildman–Crippen MR) is 123 cm³/mol. The van der Waals surface area contributed by atoms with Crippen LogP contribution in [-0.4, -0.2) is 41.0 Å². The van der Waals surface area contributed by atoms with Crippen LogP contribution in [-0.2, 0) is 4.74 Å². The van der Waals surface area contributed by atoms with E-state index in [0.717, 1.165) is 16.7 Å². The van der Waals surface area contributed by atoms with Crippen molar-refractivity contribution in [2.45, 2.75) is 40.7 Å². The number of benzene rings is 1. The van der Waals surface area contributed by atoms with Gasteiger partial charge in [-0.1, -0.05) is 31.0 Å². The summed E-state index contributed by atoms with van der Waals surface area (Å²) in [6.07, 6.45) is 0.410. The molecular weight excluding hydrogens is 440 g/mol. The van der Waals surface area contributed by atoms with Crippen LogP contribution in [0.2, 0.25) is 0 Å². The highest BCUT2D eigenvalue weighted by Crippen LogP contribution is 2.30. The maximum absolute atomic E-state index is 13.0. The van der Waals surface area contributed by atoms with Crippen LogP contribution >= 0.6 is 0 Å². The molecule has 0 saturated heterocycles. The molecule has 34 heavy (non-hydrogen) atoms. The van der Waals surface area contributed by atoms with E-state index in [4.69, 9.17) is 18.6 Å². The highest BCUT2D eigenvalue weighted by Gasteiger charge is 2.25. The zero-order valence-corrected chi connectivity index (χ0v) is 20.0. The summed E-state index contributed by atoms with van der Waals surface area (Å²) in [6, 6.07) is 6.75. The second-order valence-corrected chi connectivity index (χ2v) is 8.26. The highest BCUT2D eigenvalue weighted by molar-refractivity contribution is 5.96. The Morgan fingerprint density at radius 1 is 1.09 bits per heavy atom. The molecule has 0 saturated carbocycles. The summed E-state index contributed by atoms with van der Waals surface area (Å²) in [6.45, 7) is 9.60. The van der Waals surface area contributed by atoms with E-state index in [1.807, 2.05) is 45.9 Å². The van der Waals surface area contributed by atoms with Gasteiger partial charge in [-0.05, 0) is 38.8 Å². The molecule has 0 fully saturated rings. The number of aromatic nitrogens is 3. The van der Waals surface area contributed by atoms with Gasteiger partial charge in [0.1, 0.15) is 6.04 Å². The second kappa shape index (κ2) is 10.8. The van der Waals surface area contributed by atoms with Crippen LogP contribution in [0, 0.1) is 19.8 Å². The van der Waals surface area contributed by atoms with Crippen LogP contribution < -0.4 is 14.8 Å². The molecule has 0 spiro atoms. The van der Waals surface area contributed by atoms with Crippen LogP contribution in [0.4, 0.5) is 4.79 Å². The largest absolute Gasteiger partial charge is 0.514 e. The number of ether oxygens (including phenoxy) is 3. The standard InChI is InChI=1S/C24H28N4O6/c1-13(2)12-32-24(30)33-20-18(31-6)7-8-25-19(20)21(29)26-16(5)22-27-28-23(34-22)17-10-14(3)9-15(4)11-17/h7-11,13,16H,12H2,1-6H3,(H,26,29)/t16-/m0/s1. The average Bonchev–Trinajstić information content (AvgIpc) is 3.27. The number of hydrogen-bond donors (Lipinski definition) is 1. The number of amides is 1. The molecule has 180 valence electrons. The van der Waals surface area contributed by atoms with Gasteiger partial charge in [-0.2, -0.15) is 0 Å². The van der Waals surface area contributed by atoms with Gasteiger partial charge in [0.25, 0.3) is 5.91 Å². The van der Waals surface area contributed by atoms with Gasteiger partial charge in [0, 0.05) is 17.8 Å². The van der Waals surface area contributed by atoms with Crippen molar-refractivity contribution in [3.63, 3.8) is 0 Å². The first-order chi connectivity index (χ1) is 16.2. The van der Waals surface area contributed by atoms with Crippen LogP contribution in [0.3, 0.4) is 0 Å². The summed E-state index contributed by atoms with van der Waals surface area (Å²) in [4.78, 5) is 29.1. The van der Waals surface area contributed by atoms with Gasteiger partial charge >= 0.3 is 6.16 Å². The minimum atomic E-state index is -0.961. The summed E-state index contributed by atoms with van der Waals surface area (Å²) >= 11 is 0. The summed E-state index contributed by atoms with van der Waals surface area (Å²) in [5.74, 6) is 0.0665. The lowest BCUT2D eigenvalue weighted by Crippen LogP contribution is -2.28. The van der Waals surface area contributed by atoms with Crippen molar-refractivity contribution in [2.75, 3.05) is 13.7 Å². The van der Waals surface area contributed by atoms with E-state index < -0.39 is 18.1 Å². The van der Waals surface area contributed by atoms with E-state index >= 15 is 0 Å². The Hall–Kier alpha value is -3.95. The lowest BCUT2D eigenvalue weighted by Gasteiger charge is -2.15. The van der Waals surface area contributed by atoms with Gasteiger partial charge in [-0.15, -0.1) is 10.2 Å². The zero-order valence-electron chi connectivity index (χ0n) is 20.0. The first kappa shape index (κ1) is 24.7. The molecule has 0 radical (unpaired) electrons. The minimum Gasteiger partial charge on any atom is -0.493 e. The normalized spacial score (nSPS) is 11.7. The molecule has 10 heteroatoms. The van der Waals surface area contributed by atoms with Crippen molar-refractivity contribution in [2.24, 2.45) is 5.92 Å². The molecular formula is C24H28N4O6.